The number of anilines is 1. The summed E-state index contributed by atoms with van der Waals surface area (Å²) in [7, 11) is 0. The fourth-order valence-corrected chi connectivity index (χ4v) is 10.2. The summed E-state index contributed by atoms with van der Waals surface area (Å²) in [4.78, 5) is 13.4. The number of nitrogens with zero attached hydrogens (tertiary/aromatic N) is 4. The van der Waals surface area contributed by atoms with Crippen LogP contribution in [0.15, 0.2) is 96.1 Å². The van der Waals surface area contributed by atoms with E-state index in [0.29, 0.717) is 0 Å². The Hall–Kier alpha value is -5.68. The molecule has 0 N–H and O–H groups in total. The summed E-state index contributed by atoms with van der Waals surface area (Å²) in [6, 6.07) is 31.4. The molecule has 2 aromatic heterocycles. The minimum Gasteiger partial charge on any atom is -0.457 e. The van der Waals surface area contributed by atoms with Gasteiger partial charge >= 0.3 is 0 Å². The molecule has 0 bridgehead atoms. The molecule has 60 heavy (non-hydrogen) atoms. The maximum absolute atomic E-state index is 7.03. The minimum absolute atomic E-state index is 0.0349. The molecule has 7 aromatic rings. The smallest absolute Gasteiger partial charge is 0.145 e. The van der Waals surface area contributed by atoms with Crippen LogP contribution in [0.1, 0.15) is 121 Å². The number of ether oxygens (including phenoxy) is 1. The van der Waals surface area contributed by atoms with E-state index in [1.165, 1.54) is 66.7 Å². The lowest BCUT2D eigenvalue weighted by molar-refractivity contribution is 0.321. The molecule has 1 aliphatic heterocycles. The molecule has 0 amide bonds. The predicted octanol–water partition coefficient (Wildman–Crippen LogP) is 14.0. The Balaban J connectivity index is 1.20. The van der Waals surface area contributed by atoms with Crippen molar-refractivity contribution in [3.63, 3.8) is 0 Å². The predicted molar refractivity (Wildman–Crippen MR) is 252 cm³/mol. The first kappa shape index (κ1) is 39.8. The Labute approximate surface area is 357 Å². The van der Waals surface area contributed by atoms with Crippen LogP contribution < -0.4 is 9.64 Å². The van der Waals surface area contributed by atoms with Crippen molar-refractivity contribution in [2.75, 3.05) is 4.90 Å². The van der Waals surface area contributed by atoms with Gasteiger partial charge in [0, 0.05) is 40.7 Å². The van der Waals surface area contributed by atoms with Gasteiger partial charge in [-0.15, -0.1) is 0 Å². The lowest BCUT2D eigenvalue weighted by Crippen LogP contribution is -2.52. The third-order valence-electron chi connectivity index (χ3n) is 14.3. The average Bonchev–Trinajstić information content (AvgIpc) is 3.73. The van der Waals surface area contributed by atoms with Crippen LogP contribution in [0.3, 0.4) is 0 Å². The van der Waals surface area contributed by atoms with Crippen molar-refractivity contribution in [2.45, 2.75) is 126 Å². The average molecular weight is 793 g/mol. The maximum atomic E-state index is 7.03. The molecule has 0 unspecified atom stereocenters. The SMILES string of the molecule is Cc1cc(Oc2cc(C3=N[C@]4(C)Cc5c(ccc(C)c5C)[C@]4(C)N3c3c(C)c(C)cc(C)c3C)cc(C(C)C)c2)cc(-n2c3ccc(C(C)(C)C)cc3c3cccnc32)c1. The highest BCUT2D eigenvalue weighted by molar-refractivity contribution is 6.14. The van der Waals surface area contributed by atoms with Gasteiger partial charge in [0.05, 0.1) is 22.3 Å². The molecule has 5 nitrogen and oxygen atoms in total. The Kier molecular flexibility index (Phi) is 9.06. The zero-order valence-corrected chi connectivity index (χ0v) is 38.1. The van der Waals surface area contributed by atoms with E-state index >= 15 is 0 Å². The van der Waals surface area contributed by atoms with Crippen LogP contribution in [0.25, 0.3) is 27.6 Å². The number of aryl methyl sites for hydroxylation is 4. The Bertz CT molecular complexity index is 2930. The van der Waals surface area contributed by atoms with Gasteiger partial charge in [-0.3, -0.25) is 9.56 Å². The molecule has 0 spiro atoms. The van der Waals surface area contributed by atoms with Crippen molar-refractivity contribution in [3.05, 3.63) is 158 Å². The van der Waals surface area contributed by atoms with Crippen molar-refractivity contribution in [3.8, 4) is 17.2 Å². The number of hydrogen-bond acceptors (Lipinski definition) is 4. The summed E-state index contributed by atoms with van der Waals surface area (Å²) in [6.45, 7) is 31.9. The lowest BCUT2D eigenvalue weighted by Gasteiger charge is -2.44. The van der Waals surface area contributed by atoms with Crippen molar-refractivity contribution in [1.82, 2.24) is 9.55 Å². The molecular weight excluding hydrogens is 733 g/mol. The first-order valence-corrected chi connectivity index (χ1v) is 21.7. The van der Waals surface area contributed by atoms with Crippen molar-refractivity contribution < 1.29 is 4.74 Å². The van der Waals surface area contributed by atoms with E-state index in [2.05, 4.69) is 185 Å². The molecule has 0 saturated heterocycles. The van der Waals surface area contributed by atoms with Crippen LogP contribution in [0.2, 0.25) is 0 Å². The Morgan fingerprint density at radius 2 is 1.43 bits per heavy atom. The second-order valence-electron chi connectivity index (χ2n) is 19.7. The van der Waals surface area contributed by atoms with Crippen LogP contribution in [-0.2, 0) is 17.4 Å². The molecule has 306 valence electrons. The van der Waals surface area contributed by atoms with E-state index in [1.54, 1.807) is 0 Å². The fourth-order valence-electron chi connectivity index (χ4n) is 10.2. The van der Waals surface area contributed by atoms with Gasteiger partial charge in [-0.1, -0.05) is 58.9 Å². The highest BCUT2D eigenvalue weighted by atomic mass is 16.5. The van der Waals surface area contributed by atoms with Gasteiger partial charge in [0.1, 0.15) is 23.0 Å². The summed E-state index contributed by atoms with van der Waals surface area (Å²) in [5.41, 5.74) is 19.0. The zero-order chi connectivity index (χ0) is 42.8. The number of benzene rings is 5. The lowest BCUT2D eigenvalue weighted by atomic mass is 9.79. The van der Waals surface area contributed by atoms with Crippen LogP contribution >= 0.6 is 0 Å². The van der Waals surface area contributed by atoms with E-state index in [1.807, 2.05) is 12.3 Å². The topological polar surface area (TPSA) is 42.6 Å². The number of aromatic nitrogens is 2. The largest absolute Gasteiger partial charge is 0.457 e. The van der Waals surface area contributed by atoms with Gasteiger partial charge in [0.2, 0.25) is 0 Å². The van der Waals surface area contributed by atoms with Crippen LogP contribution in [0.5, 0.6) is 11.5 Å². The number of fused-ring (bicyclic) bond motifs is 6. The van der Waals surface area contributed by atoms with E-state index in [-0.39, 0.29) is 16.9 Å². The van der Waals surface area contributed by atoms with Crippen LogP contribution in [-0.4, -0.2) is 20.9 Å². The van der Waals surface area contributed by atoms with E-state index in [9.17, 15) is 0 Å². The minimum atomic E-state index is -0.407. The highest BCUT2D eigenvalue weighted by Gasteiger charge is 2.62. The number of aliphatic imine (C=N–C) groups is 1. The Morgan fingerprint density at radius 1 is 0.717 bits per heavy atom. The van der Waals surface area contributed by atoms with Gasteiger partial charge in [0.25, 0.3) is 0 Å². The molecule has 1 aliphatic carbocycles. The molecule has 2 atom stereocenters. The van der Waals surface area contributed by atoms with Crippen molar-refractivity contribution in [2.24, 2.45) is 4.99 Å². The number of rotatable bonds is 6. The van der Waals surface area contributed by atoms with Crippen LogP contribution in [0, 0.1) is 48.5 Å². The normalized spacial score (nSPS) is 18.8. The molecule has 9 rings (SSSR count). The van der Waals surface area contributed by atoms with Gasteiger partial charge < -0.3 is 9.64 Å². The first-order chi connectivity index (χ1) is 28.3. The maximum Gasteiger partial charge on any atom is 0.145 e. The van der Waals surface area contributed by atoms with Crippen molar-refractivity contribution in [1.29, 1.82) is 0 Å². The number of amidine groups is 1. The number of hydrogen-bond donors (Lipinski definition) is 0. The second-order valence-corrected chi connectivity index (χ2v) is 19.7. The van der Waals surface area contributed by atoms with Gasteiger partial charge in [-0.2, -0.15) is 0 Å². The molecule has 0 saturated carbocycles. The van der Waals surface area contributed by atoms with Gasteiger partial charge in [-0.05, 0) is 189 Å². The summed E-state index contributed by atoms with van der Waals surface area (Å²) < 4.78 is 9.31. The third-order valence-corrected chi connectivity index (χ3v) is 14.3. The summed E-state index contributed by atoms with van der Waals surface area (Å²) in [6.07, 6.45) is 2.78. The fraction of sp³-hybridized carbons (Fsp3) is 0.345. The molecule has 3 heterocycles. The second kappa shape index (κ2) is 13.7. The standard InChI is InChI=1S/C55H60N4O/c1-31(2)39-25-40(51-57-54(13)30-47-36(7)33(4)17-19-48(47)55(54,14)59(51)50-37(8)34(5)24-35(6)38(50)9)27-44(26-39)60-43-23-32(3)22-42(29-43)58-49-20-18-41(53(10,11)12)28-46(49)45-16-15-21-56-52(45)58/h15-29,31H,30H2,1-14H3/t54-,55+/m1/s1. The highest BCUT2D eigenvalue weighted by Crippen LogP contribution is 2.58. The summed E-state index contributed by atoms with van der Waals surface area (Å²) in [5.74, 6) is 2.87. The molecule has 0 fully saturated rings. The molecule has 5 aromatic carbocycles. The number of pyridine rings is 1. The van der Waals surface area contributed by atoms with Gasteiger partial charge in [-0.25, -0.2) is 4.98 Å². The van der Waals surface area contributed by atoms with E-state index in [0.717, 1.165) is 57.1 Å². The molecule has 2 aliphatic rings. The first-order valence-electron chi connectivity index (χ1n) is 21.7. The van der Waals surface area contributed by atoms with Crippen LogP contribution in [0.4, 0.5) is 5.69 Å². The van der Waals surface area contributed by atoms with Gasteiger partial charge in [0.15, 0.2) is 0 Å². The summed E-state index contributed by atoms with van der Waals surface area (Å²) >= 11 is 0. The van der Waals surface area contributed by atoms with E-state index < -0.39 is 5.54 Å². The Morgan fingerprint density at radius 3 is 2.13 bits per heavy atom. The summed E-state index contributed by atoms with van der Waals surface area (Å²) in [5, 5.41) is 2.35. The third kappa shape index (κ3) is 5.94. The monoisotopic (exact) mass is 792 g/mol. The van der Waals surface area contributed by atoms with E-state index in [4.69, 9.17) is 14.7 Å². The molecule has 0 radical (unpaired) electrons. The molecule has 5 heteroatoms. The van der Waals surface area contributed by atoms with Crippen molar-refractivity contribution >= 4 is 33.5 Å². The zero-order valence-electron chi connectivity index (χ0n) is 38.1. The molecular formula is C55H60N4O. The quantitative estimate of drug-likeness (QED) is 0.168.